The maximum atomic E-state index is 12.7. The molecular weight excluding hydrogens is 252 g/mol. The molecule has 1 aromatic rings. The van der Waals surface area contributed by atoms with Crippen molar-refractivity contribution in [2.24, 2.45) is 0 Å². The average Bonchev–Trinajstić information content (AvgIpc) is 2.40. The highest BCUT2D eigenvalue weighted by Gasteiger charge is 2.27. The second kappa shape index (κ2) is 8.02. The van der Waals surface area contributed by atoms with E-state index in [1.165, 1.54) is 5.56 Å². The van der Waals surface area contributed by atoms with E-state index >= 15 is 0 Å². The van der Waals surface area contributed by atoms with Crippen molar-refractivity contribution in [3.63, 3.8) is 0 Å². The van der Waals surface area contributed by atoms with Crippen LogP contribution < -0.4 is 0 Å². The van der Waals surface area contributed by atoms with Gasteiger partial charge in [-0.3, -0.25) is 9.69 Å². The fourth-order valence-corrected chi connectivity index (χ4v) is 2.31. The van der Waals surface area contributed by atoms with E-state index in [1.807, 2.05) is 57.1 Å². The third kappa shape index (κ3) is 4.32. The first-order valence-corrected chi connectivity index (χ1v) is 7.13. The van der Waals surface area contributed by atoms with Gasteiger partial charge in [0.2, 0.25) is 5.91 Å². The number of likely N-dealkylation sites (N-methyl/N-ethyl adjacent to an activating group) is 1. The van der Waals surface area contributed by atoms with E-state index < -0.39 is 0 Å². The van der Waals surface area contributed by atoms with E-state index in [-0.39, 0.29) is 18.6 Å². The largest absolute Gasteiger partial charge is 0.395 e. The van der Waals surface area contributed by atoms with Crippen molar-refractivity contribution < 1.29 is 9.90 Å². The van der Waals surface area contributed by atoms with E-state index in [0.717, 1.165) is 12.0 Å². The van der Waals surface area contributed by atoms with Gasteiger partial charge in [0.1, 0.15) is 6.04 Å². The fourth-order valence-electron chi connectivity index (χ4n) is 2.31. The van der Waals surface area contributed by atoms with Crippen LogP contribution in [-0.4, -0.2) is 54.6 Å². The Hall–Kier alpha value is -1.39. The Balaban J connectivity index is 2.99. The van der Waals surface area contributed by atoms with E-state index in [2.05, 4.69) is 0 Å². The summed E-state index contributed by atoms with van der Waals surface area (Å²) in [5, 5.41) is 9.13. The summed E-state index contributed by atoms with van der Waals surface area (Å²) < 4.78 is 0. The summed E-state index contributed by atoms with van der Waals surface area (Å²) in [6, 6.07) is 7.75. The number of benzene rings is 1. The minimum Gasteiger partial charge on any atom is -0.395 e. The minimum absolute atomic E-state index is 0.000212. The molecule has 0 saturated heterocycles. The third-order valence-corrected chi connectivity index (χ3v) is 3.32. The summed E-state index contributed by atoms with van der Waals surface area (Å²) in [6.45, 7) is 5.14. The number of hydrogen-bond donors (Lipinski definition) is 1. The van der Waals surface area contributed by atoms with Crippen LogP contribution in [0.25, 0.3) is 0 Å². The van der Waals surface area contributed by atoms with Crippen molar-refractivity contribution >= 4 is 5.91 Å². The molecule has 0 radical (unpaired) electrons. The molecule has 0 fully saturated rings. The molecule has 0 aliphatic rings. The lowest BCUT2D eigenvalue weighted by molar-refractivity contribution is -0.137. The van der Waals surface area contributed by atoms with Crippen molar-refractivity contribution in [2.75, 3.05) is 33.8 Å². The Morgan fingerprint density at radius 3 is 2.25 bits per heavy atom. The first-order valence-electron chi connectivity index (χ1n) is 7.13. The average molecular weight is 278 g/mol. The minimum atomic E-state index is -0.298. The molecule has 0 aliphatic carbocycles. The summed E-state index contributed by atoms with van der Waals surface area (Å²) in [4.78, 5) is 16.4. The molecule has 1 amide bonds. The molecule has 20 heavy (non-hydrogen) atoms. The Kier molecular flexibility index (Phi) is 6.68. The van der Waals surface area contributed by atoms with Crippen molar-refractivity contribution in [2.45, 2.75) is 26.3 Å². The standard InChI is InChI=1S/C16H26N2O2/c1-5-10-18(11-12-19)16(20)15(17(3)4)14-8-6-13(2)7-9-14/h6-9,15,19H,5,10-12H2,1-4H3/t15-/m1/s1. The van der Waals surface area contributed by atoms with Gasteiger partial charge in [-0.25, -0.2) is 0 Å². The second-order valence-electron chi connectivity index (χ2n) is 5.33. The van der Waals surface area contributed by atoms with Crippen molar-refractivity contribution in [3.05, 3.63) is 35.4 Å². The lowest BCUT2D eigenvalue weighted by Crippen LogP contribution is -2.42. The Morgan fingerprint density at radius 1 is 1.20 bits per heavy atom. The van der Waals surface area contributed by atoms with Crippen molar-refractivity contribution in [3.8, 4) is 0 Å². The molecule has 0 bridgehead atoms. The van der Waals surface area contributed by atoms with Gasteiger partial charge in [-0.1, -0.05) is 36.8 Å². The number of carbonyl (C=O) groups is 1. The molecule has 1 atom stereocenters. The van der Waals surface area contributed by atoms with Crippen LogP contribution >= 0.6 is 0 Å². The number of amides is 1. The second-order valence-corrected chi connectivity index (χ2v) is 5.33. The van der Waals surface area contributed by atoms with Crippen LogP contribution in [0.15, 0.2) is 24.3 Å². The number of rotatable bonds is 7. The highest BCUT2D eigenvalue weighted by molar-refractivity contribution is 5.83. The van der Waals surface area contributed by atoms with Crippen LogP contribution in [0.2, 0.25) is 0 Å². The van der Waals surface area contributed by atoms with Gasteiger partial charge in [0.25, 0.3) is 0 Å². The Morgan fingerprint density at radius 2 is 1.80 bits per heavy atom. The van der Waals surface area contributed by atoms with Crippen LogP contribution in [-0.2, 0) is 4.79 Å². The van der Waals surface area contributed by atoms with Gasteiger partial charge < -0.3 is 10.0 Å². The number of hydrogen-bond acceptors (Lipinski definition) is 3. The molecule has 112 valence electrons. The van der Waals surface area contributed by atoms with Crippen LogP contribution in [0.5, 0.6) is 0 Å². The zero-order valence-electron chi connectivity index (χ0n) is 13.0. The Labute approximate surface area is 122 Å². The number of carbonyl (C=O) groups excluding carboxylic acids is 1. The first kappa shape index (κ1) is 16.7. The molecule has 4 nitrogen and oxygen atoms in total. The maximum absolute atomic E-state index is 12.7. The SMILES string of the molecule is CCCN(CCO)C(=O)[C@@H](c1ccc(C)cc1)N(C)C. The summed E-state index contributed by atoms with van der Waals surface area (Å²) in [7, 11) is 3.82. The molecule has 0 saturated carbocycles. The highest BCUT2D eigenvalue weighted by atomic mass is 16.3. The molecule has 1 rings (SSSR count). The van der Waals surface area contributed by atoms with Gasteiger partial charge in [-0.2, -0.15) is 0 Å². The smallest absolute Gasteiger partial charge is 0.244 e. The molecule has 4 heteroatoms. The number of aliphatic hydroxyl groups is 1. The number of aryl methyl sites for hydroxylation is 1. The summed E-state index contributed by atoms with van der Waals surface area (Å²) in [5.41, 5.74) is 2.17. The van der Waals surface area contributed by atoms with Crippen molar-refractivity contribution in [1.82, 2.24) is 9.80 Å². The lowest BCUT2D eigenvalue weighted by Gasteiger charge is -2.30. The van der Waals surface area contributed by atoms with E-state index in [9.17, 15) is 4.79 Å². The van der Waals surface area contributed by atoms with Gasteiger partial charge in [0, 0.05) is 13.1 Å². The van der Waals surface area contributed by atoms with Gasteiger partial charge in [0.05, 0.1) is 6.61 Å². The molecular formula is C16H26N2O2. The first-order chi connectivity index (χ1) is 9.51. The molecule has 1 N–H and O–H groups in total. The van der Waals surface area contributed by atoms with E-state index in [0.29, 0.717) is 13.1 Å². The molecule has 0 heterocycles. The van der Waals surface area contributed by atoms with Crippen LogP contribution in [0, 0.1) is 6.92 Å². The number of nitrogens with zero attached hydrogens (tertiary/aromatic N) is 2. The van der Waals surface area contributed by atoms with Crippen LogP contribution in [0.3, 0.4) is 0 Å². The fraction of sp³-hybridized carbons (Fsp3) is 0.562. The molecule has 0 spiro atoms. The predicted molar refractivity (Wildman–Crippen MR) is 81.6 cm³/mol. The predicted octanol–water partition coefficient (Wildman–Crippen LogP) is 1.83. The zero-order valence-corrected chi connectivity index (χ0v) is 13.0. The zero-order chi connectivity index (χ0) is 15.1. The number of aliphatic hydroxyl groups excluding tert-OH is 1. The van der Waals surface area contributed by atoms with E-state index in [4.69, 9.17) is 5.11 Å². The van der Waals surface area contributed by atoms with Crippen molar-refractivity contribution in [1.29, 1.82) is 0 Å². The van der Waals surface area contributed by atoms with Gasteiger partial charge in [-0.05, 0) is 33.0 Å². The Bertz CT molecular complexity index is 409. The molecule has 0 unspecified atom stereocenters. The van der Waals surface area contributed by atoms with E-state index in [1.54, 1.807) is 4.90 Å². The molecule has 0 aliphatic heterocycles. The molecule has 1 aromatic carbocycles. The maximum Gasteiger partial charge on any atom is 0.244 e. The highest BCUT2D eigenvalue weighted by Crippen LogP contribution is 2.21. The quantitative estimate of drug-likeness (QED) is 0.827. The van der Waals surface area contributed by atoms with Crippen LogP contribution in [0.1, 0.15) is 30.5 Å². The summed E-state index contributed by atoms with van der Waals surface area (Å²) in [6.07, 6.45) is 0.889. The lowest BCUT2D eigenvalue weighted by atomic mass is 10.0. The van der Waals surface area contributed by atoms with Crippen LogP contribution in [0.4, 0.5) is 0 Å². The third-order valence-electron chi connectivity index (χ3n) is 3.32. The normalized spacial score (nSPS) is 12.5. The summed E-state index contributed by atoms with van der Waals surface area (Å²) >= 11 is 0. The van der Waals surface area contributed by atoms with Gasteiger partial charge in [-0.15, -0.1) is 0 Å². The van der Waals surface area contributed by atoms with Gasteiger partial charge in [0.15, 0.2) is 0 Å². The monoisotopic (exact) mass is 278 g/mol. The topological polar surface area (TPSA) is 43.8 Å². The van der Waals surface area contributed by atoms with Gasteiger partial charge >= 0.3 is 0 Å². The summed E-state index contributed by atoms with van der Waals surface area (Å²) in [5.74, 6) is 0.0507. The molecule has 0 aromatic heterocycles.